The molecular formula is C15H12BrClN2OS. The zero-order chi connectivity index (χ0) is 13.7. The fourth-order valence-corrected chi connectivity index (χ4v) is 3.91. The second-order valence-electron chi connectivity index (χ2n) is 4.83. The van der Waals surface area contributed by atoms with Gasteiger partial charge in [-0.25, -0.2) is 4.98 Å². The SMILES string of the molecule is Br.OC1(c2ccc(Cl)cc2)CSc2nc3ccccc3n21. The third kappa shape index (κ3) is 2.19. The molecule has 1 aromatic heterocycles. The highest BCUT2D eigenvalue weighted by Crippen LogP contribution is 2.42. The smallest absolute Gasteiger partial charge is 0.179 e. The van der Waals surface area contributed by atoms with Crippen LogP contribution in [0.15, 0.2) is 53.7 Å². The van der Waals surface area contributed by atoms with E-state index in [4.69, 9.17) is 11.6 Å². The average Bonchev–Trinajstić information content (AvgIpc) is 2.98. The van der Waals surface area contributed by atoms with E-state index in [2.05, 4.69) is 4.98 Å². The van der Waals surface area contributed by atoms with E-state index in [9.17, 15) is 5.11 Å². The molecule has 1 aliphatic heterocycles. The molecule has 2 aromatic carbocycles. The molecule has 3 nitrogen and oxygen atoms in total. The highest BCUT2D eigenvalue weighted by atomic mass is 79.9. The first-order chi connectivity index (χ1) is 9.68. The van der Waals surface area contributed by atoms with Crippen molar-refractivity contribution >= 4 is 51.4 Å². The van der Waals surface area contributed by atoms with E-state index in [1.165, 1.54) is 0 Å². The molecule has 1 unspecified atom stereocenters. The van der Waals surface area contributed by atoms with Crippen LogP contribution in [0.25, 0.3) is 11.0 Å². The van der Waals surface area contributed by atoms with Gasteiger partial charge >= 0.3 is 0 Å². The van der Waals surface area contributed by atoms with Crippen molar-refractivity contribution in [3.8, 4) is 0 Å². The molecule has 1 aliphatic rings. The van der Waals surface area contributed by atoms with Gasteiger partial charge in [0.15, 0.2) is 10.9 Å². The average molecular weight is 384 g/mol. The van der Waals surface area contributed by atoms with Gasteiger partial charge in [-0.3, -0.25) is 4.57 Å². The van der Waals surface area contributed by atoms with Crippen LogP contribution < -0.4 is 0 Å². The molecule has 0 aliphatic carbocycles. The highest BCUT2D eigenvalue weighted by molar-refractivity contribution is 8.93. The zero-order valence-corrected chi connectivity index (χ0v) is 14.1. The quantitative estimate of drug-likeness (QED) is 0.688. The van der Waals surface area contributed by atoms with Crippen LogP contribution >= 0.6 is 40.3 Å². The van der Waals surface area contributed by atoms with E-state index in [1.807, 2.05) is 41.0 Å². The molecule has 4 rings (SSSR count). The number of nitrogens with zero attached hydrogens (tertiary/aromatic N) is 2. The van der Waals surface area contributed by atoms with Crippen LogP contribution in [0, 0.1) is 0 Å². The molecule has 0 saturated heterocycles. The number of hydrogen-bond acceptors (Lipinski definition) is 3. The van der Waals surface area contributed by atoms with Gasteiger partial charge in [-0.15, -0.1) is 17.0 Å². The number of benzene rings is 2. The monoisotopic (exact) mass is 382 g/mol. The Hall–Kier alpha value is -1.01. The zero-order valence-electron chi connectivity index (χ0n) is 10.9. The maximum absolute atomic E-state index is 11.2. The Kier molecular flexibility index (Phi) is 3.78. The largest absolute Gasteiger partial charge is 0.366 e. The van der Waals surface area contributed by atoms with Crippen molar-refractivity contribution in [2.45, 2.75) is 10.9 Å². The first-order valence-electron chi connectivity index (χ1n) is 6.28. The van der Waals surface area contributed by atoms with Crippen LogP contribution in [0.5, 0.6) is 0 Å². The fraction of sp³-hybridized carbons (Fsp3) is 0.133. The second kappa shape index (κ2) is 5.32. The van der Waals surface area contributed by atoms with Crippen molar-refractivity contribution in [1.82, 2.24) is 9.55 Å². The summed E-state index contributed by atoms with van der Waals surface area (Å²) in [4.78, 5) is 4.57. The lowest BCUT2D eigenvalue weighted by Crippen LogP contribution is -2.33. The van der Waals surface area contributed by atoms with Gasteiger partial charge in [-0.2, -0.15) is 0 Å². The van der Waals surface area contributed by atoms with Crippen molar-refractivity contribution in [2.24, 2.45) is 0 Å². The minimum atomic E-state index is -1.07. The molecule has 21 heavy (non-hydrogen) atoms. The van der Waals surface area contributed by atoms with Crippen LogP contribution in [0.2, 0.25) is 5.02 Å². The van der Waals surface area contributed by atoms with Gasteiger partial charge in [-0.1, -0.05) is 47.6 Å². The Balaban J connectivity index is 0.00000132. The fourth-order valence-electron chi connectivity index (χ4n) is 2.62. The molecule has 0 amide bonds. The number of para-hydroxylation sites is 2. The number of aliphatic hydroxyl groups is 1. The first kappa shape index (κ1) is 14.9. The van der Waals surface area contributed by atoms with E-state index in [0.717, 1.165) is 21.8 Å². The van der Waals surface area contributed by atoms with Crippen molar-refractivity contribution in [3.05, 3.63) is 59.1 Å². The summed E-state index contributed by atoms with van der Waals surface area (Å²) in [6, 6.07) is 15.2. The summed E-state index contributed by atoms with van der Waals surface area (Å²) in [5.41, 5.74) is 1.61. The molecule has 0 fully saturated rings. The number of thioether (sulfide) groups is 1. The van der Waals surface area contributed by atoms with Crippen LogP contribution in [0.4, 0.5) is 0 Å². The Morgan fingerprint density at radius 1 is 1.14 bits per heavy atom. The lowest BCUT2D eigenvalue weighted by molar-refractivity contribution is 0.0331. The number of hydrogen-bond donors (Lipinski definition) is 1. The summed E-state index contributed by atoms with van der Waals surface area (Å²) < 4.78 is 1.91. The molecule has 2 heterocycles. The van der Waals surface area contributed by atoms with Gasteiger partial charge < -0.3 is 5.11 Å². The standard InChI is InChI=1S/C15H11ClN2OS.BrH/c16-11-7-5-10(6-8-11)15(19)9-20-14-17-12-3-1-2-4-13(12)18(14)15;/h1-8,19H,9H2;1H. The third-order valence-electron chi connectivity index (χ3n) is 3.61. The summed E-state index contributed by atoms with van der Waals surface area (Å²) in [5, 5.41) is 12.7. The lowest BCUT2D eigenvalue weighted by atomic mass is 10.0. The van der Waals surface area contributed by atoms with Gasteiger partial charge in [0.25, 0.3) is 0 Å². The van der Waals surface area contributed by atoms with Crippen LogP contribution in [-0.2, 0) is 5.72 Å². The lowest BCUT2D eigenvalue weighted by Gasteiger charge is -2.25. The second-order valence-corrected chi connectivity index (χ2v) is 6.21. The molecule has 0 saturated carbocycles. The molecule has 0 spiro atoms. The van der Waals surface area contributed by atoms with Gasteiger partial charge in [0.05, 0.1) is 16.8 Å². The predicted molar refractivity (Wildman–Crippen MR) is 91.5 cm³/mol. The Morgan fingerprint density at radius 2 is 1.86 bits per heavy atom. The van der Waals surface area contributed by atoms with Crippen LogP contribution in [0.1, 0.15) is 5.56 Å². The summed E-state index contributed by atoms with van der Waals surface area (Å²) in [6.07, 6.45) is 0. The van der Waals surface area contributed by atoms with E-state index >= 15 is 0 Å². The molecule has 108 valence electrons. The van der Waals surface area contributed by atoms with Crippen LogP contribution in [-0.4, -0.2) is 20.4 Å². The molecular weight excluding hydrogens is 372 g/mol. The first-order valence-corrected chi connectivity index (χ1v) is 7.64. The number of fused-ring (bicyclic) bond motifs is 3. The molecule has 0 bridgehead atoms. The van der Waals surface area contributed by atoms with Crippen molar-refractivity contribution in [2.75, 3.05) is 5.75 Å². The number of rotatable bonds is 1. The maximum Gasteiger partial charge on any atom is 0.179 e. The summed E-state index contributed by atoms with van der Waals surface area (Å²) in [5.74, 6) is 0.557. The predicted octanol–water partition coefficient (Wildman–Crippen LogP) is 4.07. The normalized spacial score (nSPS) is 20.3. The maximum atomic E-state index is 11.2. The number of halogens is 2. The Labute approximate surface area is 141 Å². The van der Waals surface area contributed by atoms with Crippen molar-refractivity contribution in [1.29, 1.82) is 0 Å². The number of imidazole rings is 1. The van der Waals surface area contributed by atoms with E-state index in [0.29, 0.717) is 10.8 Å². The minimum Gasteiger partial charge on any atom is -0.366 e. The number of aromatic nitrogens is 2. The highest BCUT2D eigenvalue weighted by Gasteiger charge is 2.40. The third-order valence-corrected chi connectivity index (χ3v) is 4.94. The van der Waals surface area contributed by atoms with Gasteiger partial charge in [0, 0.05) is 10.6 Å². The Morgan fingerprint density at radius 3 is 2.62 bits per heavy atom. The van der Waals surface area contributed by atoms with Gasteiger partial charge in [0.2, 0.25) is 0 Å². The summed E-state index contributed by atoms with van der Waals surface area (Å²) in [7, 11) is 0. The molecule has 1 N–H and O–H groups in total. The van der Waals surface area contributed by atoms with Crippen molar-refractivity contribution < 1.29 is 5.11 Å². The van der Waals surface area contributed by atoms with E-state index in [1.54, 1.807) is 23.9 Å². The summed E-state index contributed by atoms with van der Waals surface area (Å²) in [6.45, 7) is 0. The topological polar surface area (TPSA) is 38.1 Å². The minimum absolute atomic E-state index is 0. The molecule has 0 radical (unpaired) electrons. The Bertz CT molecular complexity index is 805. The molecule has 3 aromatic rings. The molecule has 6 heteroatoms. The molecule has 1 atom stereocenters. The summed E-state index contributed by atoms with van der Waals surface area (Å²) >= 11 is 7.50. The van der Waals surface area contributed by atoms with Gasteiger partial charge in [-0.05, 0) is 24.3 Å². The van der Waals surface area contributed by atoms with Crippen molar-refractivity contribution in [3.63, 3.8) is 0 Å². The van der Waals surface area contributed by atoms with E-state index in [-0.39, 0.29) is 17.0 Å². The van der Waals surface area contributed by atoms with E-state index < -0.39 is 5.72 Å². The van der Waals surface area contributed by atoms with Gasteiger partial charge in [0.1, 0.15) is 0 Å². The van der Waals surface area contributed by atoms with Crippen LogP contribution in [0.3, 0.4) is 0 Å².